The summed E-state index contributed by atoms with van der Waals surface area (Å²) in [6, 6.07) is 6.55. The molecule has 4 nitrogen and oxygen atoms in total. The number of amidine groups is 1. The third kappa shape index (κ3) is 4.49. The first-order chi connectivity index (χ1) is 9.34. The fourth-order valence-corrected chi connectivity index (χ4v) is 2.82. The Kier molecular flexibility index (Phi) is 6.49. The molecule has 0 aliphatic carbocycles. The van der Waals surface area contributed by atoms with Crippen molar-refractivity contribution in [1.29, 1.82) is 5.41 Å². The first-order valence-corrected chi connectivity index (χ1v) is 7.65. The summed E-state index contributed by atoms with van der Waals surface area (Å²) in [5, 5.41) is 7.63. The molecule has 0 heterocycles. The molecule has 0 bridgehead atoms. The number of hydrogen-bond acceptors (Lipinski definition) is 3. The lowest BCUT2D eigenvalue weighted by molar-refractivity contribution is 0.142. The summed E-state index contributed by atoms with van der Waals surface area (Å²) in [7, 11) is 0. The van der Waals surface area contributed by atoms with Crippen molar-refractivity contribution < 1.29 is 4.74 Å². The second-order valence-corrected chi connectivity index (χ2v) is 6.15. The van der Waals surface area contributed by atoms with Crippen molar-refractivity contribution in [3.8, 4) is 5.75 Å². The molecule has 0 aliphatic heterocycles. The van der Waals surface area contributed by atoms with Gasteiger partial charge in [0, 0.05) is 23.1 Å². The number of halogens is 1. The molecule has 5 heteroatoms. The minimum Gasteiger partial charge on any atom is -0.491 e. The van der Waals surface area contributed by atoms with E-state index in [1.165, 1.54) is 0 Å². The molecular weight excluding hydrogens is 318 g/mol. The summed E-state index contributed by atoms with van der Waals surface area (Å²) < 4.78 is 6.60. The lowest BCUT2D eigenvalue weighted by Crippen LogP contribution is -2.39. The van der Waals surface area contributed by atoms with Crippen LogP contribution in [0.1, 0.15) is 33.3 Å². The summed E-state index contributed by atoms with van der Waals surface area (Å²) in [5.41, 5.74) is 6.22. The number of nitrogens with one attached hydrogen (secondary N) is 1. The number of rotatable bonds is 7. The quantitative estimate of drug-likeness (QED) is 0.591. The zero-order valence-electron chi connectivity index (χ0n) is 12.6. The maximum absolute atomic E-state index is 7.63. The Labute approximate surface area is 129 Å². The molecule has 0 unspecified atom stereocenters. The van der Waals surface area contributed by atoms with Gasteiger partial charge in [-0.1, -0.05) is 6.07 Å². The molecule has 0 aliphatic rings. The molecule has 0 saturated heterocycles. The van der Waals surface area contributed by atoms with Gasteiger partial charge in [-0.25, -0.2) is 0 Å². The fraction of sp³-hybridized carbons (Fsp3) is 0.533. The molecule has 0 atom stereocenters. The van der Waals surface area contributed by atoms with E-state index in [1.807, 2.05) is 18.2 Å². The summed E-state index contributed by atoms with van der Waals surface area (Å²) >= 11 is 3.40. The Bertz CT molecular complexity index is 452. The number of hydrogen-bond donors (Lipinski definition) is 2. The molecule has 1 rings (SSSR count). The maximum Gasteiger partial charge on any atom is 0.131 e. The fourth-order valence-electron chi connectivity index (χ4n) is 2.26. The van der Waals surface area contributed by atoms with Gasteiger partial charge in [0.05, 0.1) is 5.56 Å². The van der Waals surface area contributed by atoms with Gasteiger partial charge in [0.1, 0.15) is 18.2 Å². The molecule has 3 N–H and O–H groups in total. The second-order valence-electron chi connectivity index (χ2n) is 5.30. The standard InChI is InChI=1S/C15H24BrN3O/c1-10(2)19(11(3)4)8-9-20-13-7-5-6-12(16)14(13)15(17)18/h5-7,10-11H,8-9H2,1-4H3,(H3,17,18). The Hall–Kier alpha value is -1.07. The van der Waals surface area contributed by atoms with Gasteiger partial charge in [-0.05, 0) is 55.8 Å². The molecule has 1 aromatic rings. The van der Waals surface area contributed by atoms with Crippen molar-refractivity contribution in [2.45, 2.75) is 39.8 Å². The summed E-state index contributed by atoms with van der Waals surface area (Å²) in [4.78, 5) is 2.37. The van der Waals surface area contributed by atoms with Gasteiger partial charge in [-0.3, -0.25) is 10.3 Å². The van der Waals surface area contributed by atoms with Gasteiger partial charge in [-0.2, -0.15) is 0 Å². The molecule has 20 heavy (non-hydrogen) atoms. The molecule has 112 valence electrons. The van der Waals surface area contributed by atoms with Crippen molar-refractivity contribution in [3.05, 3.63) is 28.2 Å². The van der Waals surface area contributed by atoms with Crippen LogP contribution in [0.25, 0.3) is 0 Å². The zero-order chi connectivity index (χ0) is 15.3. The van der Waals surface area contributed by atoms with E-state index in [0.29, 0.717) is 30.0 Å². The van der Waals surface area contributed by atoms with Crippen LogP contribution >= 0.6 is 15.9 Å². The molecule has 0 saturated carbocycles. The Morgan fingerprint density at radius 2 is 1.90 bits per heavy atom. The number of ether oxygens (including phenoxy) is 1. The van der Waals surface area contributed by atoms with Crippen LogP contribution in [0.2, 0.25) is 0 Å². The summed E-state index contributed by atoms with van der Waals surface area (Å²) in [6.07, 6.45) is 0. The van der Waals surface area contributed by atoms with E-state index in [1.54, 1.807) is 0 Å². The van der Waals surface area contributed by atoms with E-state index >= 15 is 0 Å². The minimum atomic E-state index is 0.0112. The van der Waals surface area contributed by atoms with Crippen LogP contribution in [0.3, 0.4) is 0 Å². The highest BCUT2D eigenvalue weighted by Gasteiger charge is 2.14. The molecule has 0 spiro atoms. The first-order valence-electron chi connectivity index (χ1n) is 6.86. The van der Waals surface area contributed by atoms with Crippen molar-refractivity contribution in [2.24, 2.45) is 5.73 Å². The van der Waals surface area contributed by atoms with Crippen LogP contribution in [-0.4, -0.2) is 36.0 Å². The normalized spacial score (nSPS) is 11.4. The van der Waals surface area contributed by atoms with Gasteiger partial charge in [0.25, 0.3) is 0 Å². The molecule has 0 amide bonds. The minimum absolute atomic E-state index is 0.0112. The van der Waals surface area contributed by atoms with Gasteiger partial charge in [0.2, 0.25) is 0 Å². The highest BCUT2D eigenvalue weighted by Crippen LogP contribution is 2.26. The monoisotopic (exact) mass is 341 g/mol. The molecular formula is C15H24BrN3O. The van der Waals surface area contributed by atoms with Crippen LogP contribution in [-0.2, 0) is 0 Å². The third-order valence-corrected chi connectivity index (χ3v) is 3.84. The van der Waals surface area contributed by atoms with Crippen LogP contribution < -0.4 is 10.5 Å². The number of nitrogen functional groups attached to an aromatic ring is 1. The Balaban J connectivity index is 2.71. The van der Waals surface area contributed by atoms with Crippen LogP contribution in [0, 0.1) is 5.41 Å². The van der Waals surface area contributed by atoms with Gasteiger partial charge in [0.15, 0.2) is 0 Å². The van der Waals surface area contributed by atoms with E-state index in [4.69, 9.17) is 15.9 Å². The molecule has 0 radical (unpaired) electrons. The highest BCUT2D eigenvalue weighted by atomic mass is 79.9. The average molecular weight is 342 g/mol. The zero-order valence-corrected chi connectivity index (χ0v) is 14.2. The lowest BCUT2D eigenvalue weighted by atomic mass is 10.2. The van der Waals surface area contributed by atoms with E-state index in [2.05, 4.69) is 48.5 Å². The molecule has 0 fully saturated rings. The predicted octanol–water partition coefficient (Wildman–Crippen LogP) is 3.23. The van der Waals surface area contributed by atoms with Crippen LogP contribution in [0.4, 0.5) is 0 Å². The number of nitrogens with zero attached hydrogens (tertiary/aromatic N) is 1. The first kappa shape index (κ1) is 17.0. The van der Waals surface area contributed by atoms with Crippen molar-refractivity contribution in [1.82, 2.24) is 4.90 Å². The van der Waals surface area contributed by atoms with Crippen molar-refractivity contribution in [2.75, 3.05) is 13.2 Å². The van der Waals surface area contributed by atoms with Gasteiger partial charge >= 0.3 is 0 Å². The van der Waals surface area contributed by atoms with Crippen molar-refractivity contribution >= 4 is 21.8 Å². The average Bonchev–Trinajstić information content (AvgIpc) is 2.33. The van der Waals surface area contributed by atoms with E-state index in [0.717, 1.165) is 11.0 Å². The van der Waals surface area contributed by atoms with E-state index < -0.39 is 0 Å². The molecule has 0 aromatic heterocycles. The number of benzene rings is 1. The molecule has 1 aromatic carbocycles. The maximum atomic E-state index is 7.63. The summed E-state index contributed by atoms with van der Waals surface area (Å²) in [6.45, 7) is 10.1. The number of nitrogens with two attached hydrogens (primary N) is 1. The largest absolute Gasteiger partial charge is 0.491 e. The predicted molar refractivity (Wildman–Crippen MR) is 87.6 cm³/mol. The summed E-state index contributed by atoms with van der Waals surface area (Å²) in [5.74, 6) is 0.663. The smallest absolute Gasteiger partial charge is 0.131 e. The topological polar surface area (TPSA) is 62.3 Å². The van der Waals surface area contributed by atoms with E-state index in [9.17, 15) is 0 Å². The van der Waals surface area contributed by atoms with Gasteiger partial charge < -0.3 is 10.5 Å². The highest BCUT2D eigenvalue weighted by molar-refractivity contribution is 9.10. The van der Waals surface area contributed by atoms with Crippen LogP contribution in [0.5, 0.6) is 5.75 Å². The van der Waals surface area contributed by atoms with Crippen molar-refractivity contribution in [3.63, 3.8) is 0 Å². The Morgan fingerprint density at radius 1 is 1.30 bits per heavy atom. The Morgan fingerprint density at radius 3 is 2.40 bits per heavy atom. The second kappa shape index (κ2) is 7.64. The van der Waals surface area contributed by atoms with E-state index in [-0.39, 0.29) is 5.84 Å². The lowest BCUT2D eigenvalue weighted by Gasteiger charge is -2.30. The SMILES string of the molecule is CC(C)N(CCOc1cccc(Br)c1C(=N)N)C(C)C. The third-order valence-electron chi connectivity index (χ3n) is 3.18. The van der Waals surface area contributed by atoms with Gasteiger partial charge in [-0.15, -0.1) is 0 Å². The van der Waals surface area contributed by atoms with Crippen LogP contribution in [0.15, 0.2) is 22.7 Å².